The van der Waals surface area contributed by atoms with Gasteiger partial charge in [-0.25, -0.2) is 4.79 Å². The van der Waals surface area contributed by atoms with E-state index in [1.807, 2.05) is 36.4 Å². The lowest BCUT2D eigenvalue weighted by atomic mass is 9.83. The van der Waals surface area contributed by atoms with Crippen molar-refractivity contribution in [2.24, 2.45) is 25.6 Å². The molecule has 77 heavy (non-hydrogen) atoms. The molecule has 3 saturated heterocycles. The normalized spacial score (nSPS) is 31.8. The van der Waals surface area contributed by atoms with Crippen molar-refractivity contribution in [2.45, 2.75) is 170 Å². The van der Waals surface area contributed by atoms with Crippen LogP contribution < -0.4 is 0 Å². The lowest BCUT2D eigenvalue weighted by Crippen LogP contribution is -2.62. The van der Waals surface area contributed by atoms with Crippen molar-refractivity contribution in [3.8, 4) is 0 Å². The maximum atomic E-state index is 14.0. The van der Waals surface area contributed by atoms with E-state index in [9.17, 15) is 51.5 Å². The van der Waals surface area contributed by atoms with E-state index in [1.54, 1.807) is 31.2 Å². The number of nitrogens with zero attached hydrogens (tertiary/aromatic N) is 16. The number of esters is 3. The van der Waals surface area contributed by atoms with Crippen molar-refractivity contribution in [1.29, 1.82) is 0 Å². The van der Waals surface area contributed by atoms with Crippen LogP contribution in [0, 0.1) is 0 Å². The summed E-state index contributed by atoms with van der Waals surface area (Å²) in [5, 5.41) is 40.5. The lowest BCUT2D eigenvalue weighted by molar-refractivity contribution is -0.293. The zero-order valence-corrected chi connectivity index (χ0v) is 41.9. The van der Waals surface area contributed by atoms with E-state index in [4.69, 9.17) is 52.9 Å². The van der Waals surface area contributed by atoms with E-state index in [1.165, 1.54) is 4.90 Å². The van der Waals surface area contributed by atoms with Crippen molar-refractivity contribution < 1.29 is 76.8 Å². The highest BCUT2D eigenvalue weighted by Crippen LogP contribution is 2.40. The second-order valence-electron chi connectivity index (χ2n) is 18.0. The van der Waals surface area contributed by atoms with Gasteiger partial charge in [-0.3, -0.25) is 19.3 Å². The van der Waals surface area contributed by atoms with Crippen molar-refractivity contribution in [3.05, 3.63) is 124 Å². The first-order valence-electron chi connectivity index (χ1n) is 24.1. The average Bonchev–Trinajstić information content (AvgIpc) is 3.74. The summed E-state index contributed by atoms with van der Waals surface area (Å²) in [5.41, 5.74) is 49.4. The van der Waals surface area contributed by atoms with E-state index >= 15 is 0 Å². The number of hydrogen-bond donors (Lipinski definition) is 2. The Bertz CT molecular complexity index is 2600. The van der Waals surface area contributed by atoms with Gasteiger partial charge in [0.25, 0.3) is 0 Å². The first-order valence-corrected chi connectivity index (χ1v) is 24.1. The van der Waals surface area contributed by atoms with Crippen molar-refractivity contribution in [2.75, 3.05) is 13.2 Å². The zero-order valence-electron chi connectivity index (χ0n) is 41.9. The highest BCUT2D eigenvalue weighted by atomic mass is 16.8. The van der Waals surface area contributed by atoms with Crippen LogP contribution in [0.5, 0.6) is 0 Å². The molecule has 3 aliphatic heterocycles. The summed E-state index contributed by atoms with van der Waals surface area (Å²) in [7, 11) is 0. The van der Waals surface area contributed by atoms with Gasteiger partial charge in [0, 0.05) is 51.9 Å². The van der Waals surface area contributed by atoms with Crippen LogP contribution in [0.2, 0.25) is 0 Å². The Labute approximate surface area is 437 Å². The van der Waals surface area contributed by atoms with Crippen molar-refractivity contribution in [3.63, 3.8) is 0 Å². The maximum Gasteiger partial charge on any atom is 0.410 e. The molecular weight excluding hydrogens is 1020 g/mol. The van der Waals surface area contributed by atoms with Crippen molar-refractivity contribution in [1.82, 2.24) is 4.90 Å². The molecule has 1 amide bonds. The van der Waals surface area contributed by atoms with Crippen molar-refractivity contribution >= 4 is 24.0 Å². The molecule has 2 N–H and O–H groups in total. The van der Waals surface area contributed by atoms with E-state index in [0.717, 1.165) is 31.9 Å². The van der Waals surface area contributed by atoms with E-state index in [-0.39, 0.29) is 32.4 Å². The quantitative estimate of drug-likeness (QED) is 0.0455. The molecule has 412 valence electrons. The van der Waals surface area contributed by atoms with Gasteiger partial charge in [0.15, 0.2) is 25.0 Å². The number of carbonyl (C=O) groups is 4. The van der Waals surface area contributed by atoms with Gasteiger partial charge in [0.05, 0.1) is 55.1 Å². The summed E-state index contributed by atoms with van der Waals surface area (Å²) < 4.78 is 60.8. The molecule has 1 saturated carbocycles. The van der Waals surface area contributed by atoms with Gasteiger partial charge in [0.1, 0.15) is 49.8 Å². The van der Waals surface area contributed by atoms with Gasteiger partial charge >= 0.3 is 24.0 Å². The second kappa shape index (κ2) is 28.5. The first-order chi connectivity index (χ1) is 37.1. The number of ether oxygens (including phenoxy) is 10. The Balaban J connectivity index is 1.39. The SMILES string of the molecule is CC(=O)OC[C@H]1O[C@@H](O[C@@H]2[C@@H](OC(C)=O)[C@H](N=[N+]=[N-])C[C@H](N=[N+]=[N-])[C@H]2O[C@@H]2O[C@@H]([C@H](C)N(Cc3ccccc3)C(=O)OCc3ccccc3)CC[C@@H]2N=[N+]=[N-])[C@H](OC(C)=O)[C@@H]1O[C@H]1O[C@@H](CN=[N+]=[N-])[C@H](O)[C@H](O)[C@H]1N=[N+]=[N-]. The molecule has 18 atom stereocenters. The van der Waals surface area contributed by atoms with Crippen LogP contribution in [0.3, 0.4) is 0 Å². The van der Waals surface area contributed by atoms with Crippen LogP contribution in [0.15, 0.2) is 86.2 Å². The highest BCUT2D eigenvalue weighted by Gasteiger charge is 2.57. The number of benzene rings is 2. The molecule has 0 spiro atoms. The third-order valence-corrected chi connectivity index (χ3v) is 12.9. The fraction of sp³-hybridized carbons (Fsp3) is 0.644. The fourth-order valence-electron chi connectivity index (χ4n) is 9.34. The highest BCUT2D eigenvalue weighted by molar-refractivity contribution is 5.68. The smallest absolute Gasteiger partial charge is 0.410 e. The molecule has 2 aromatic carbocycles. The van der Waals surface area contributed by atoms with Crippen LogP contribution in [-0.2, 0) is 74.9 Å². The fourth-order valence-corrected chi connectivity index (χ4v) is 9.34. The second-order valence-corrected chi connectivity index (χ2v) is 18.0. The van der Waals surface area contributed by atoms with Gasteiger partial charge in [-0.05, 0) is 65.0 Å². The molecule has 1 aliphatic carbocycles. The Hall–Kier alpha value is -7.65. The molecule has 32 nitrogen and oxygen atoms in total. The molecule has 0 unspecified atom stereocenters. The summed E-state index contributed by atoms with van der Waals surface area (Å²) in [6.45, 7) is 3.67. The Kier molecular flexibility index (Phi) is 21.7. The topological polar surface area (TPSA) is 448 Å². The van der Waals surface area contributed by atoms with E-state index in [0.29, 0.717) is 0 Å². The van der Waals surface area contributed by atoms with Crippen LogP contribution in [0.1, 0.15) is 58.1 Å². The number of amides is 1. The molecule has 4 fully saturated rings. The minimum absolute atomic E-state index is 0.0459. The average molecular weight is 1080 g/mol. The lowest BCUT2D eigenvalue weighted by Gasteiger charge is -2.47. The predicted molar refractivity (Wildman–Crippen MR) is 258 cm³/mol. The Morgan fingerprint density at radius 2 is 1.19 bits per heavy atom. The van der Waals surface area contributed by atoms with Gasteiger partial charge < -0.3 is 57.6 Å². The number of rotatable bonds is 22. The molecule has 0 radical (unpaired) electrons. The summed E-state index contributed by atoms with van der Waals surface area (Å²) >= 11 is 0. The molecule has 6 rings (SSSR count). The molecular formula is C45H56N16O16. The number of hydrogen-bond acceptors (Lipinski definition) is 21. The minimum Gasteiger partial charge on any atom is -0.463 e. The Morgan fingerprint density at radius 1 is 0.623 bits per heavy atom. The maximum absolute atomic E-state index is 14.0. The van der Waals surface area contributed by atoms with E-state index in [2.05, 4.69) is 50.1 Å². The zero-order chi connectivity index (χ0) is 55.6. The molecule has 32 heteroatoms. The van der Waals surface area contributed by atoms with Crippen LogP contribution in [0.4, 0.5) is 4.79 Å². The largest absolute Gasteiger partial charge is 0.463 e. The standard InChI is InChI=1S/C45H56N16O16/c1-22(61(19-26-11-7-5-8-12-26)45(67)69-20-27-13-9-6-10-14-27)31-16-15-28(52-57-47)42(72-31)75-38-30(54-59-49)17-29(53-58-48)37(70-24(3)63)40(38)77-44-41(71-25(4)64)39(33(74-44)21-68-23(2)62)76-43-34(55-60-50)36(66)35(65)32(73-43)18-51-56-46/h5-14,22,28-44,65-66H,15-21H2,1-4H3/t22-,28-,29+,30-,31+,32-,33+,34+,35-,36+,37-,38+,39+,40+,41+,42-,43+,44-/m0/s1. The van der Waals surface area contributed by atoms with Gasteiger partial charge in [-0.1, -0.05) is 86.2 Å². The molecule has 0 bridgehead atoms. The molecule has 0 aromatic heterocycles. The third kappa shape index (κ3) is 15.5. The summed E-state index contributed by atoms with van der Waals surface area (Å²) in [6.07, 6.45) is -22.0. The minimum atomic E-state index is -1.90. The van der Waals surface area contributed by atoms with Crippen LogP contribution in [-0.4, -0.2) is 162 Å². The first kappa shape index (κ1) is 58.6. The number of azide groups is 5. The molecule has 4 aliphatic rings. The monoisotopic (exact) mass is 1080 g/mol. The van der Waals surface area contributed by atoms with Gasteiger partial charge in [-0.15, -0.1) is 0 Å². The summed E-state index contributed by atoms with van der Waals surface area (Å²) in [6, 6.07) is 11.8. The van der Waals surface area contributed by atoms with Crippen LogP contribution >= 0.6 is 0 Å². The Morgan fingerprint density at radius 3 is 1.81 bits per heavy atom. The molecule has 3 heterocycles. The predicted octanol–water partition coefficient (Wildman–Crippen LogP) is 5.90. The van der Waals surface area contributed by atoms with Crippen LogP contribution in [0.25, 0.3) is 52.2 Å². The summed E-state index contributed by atoms with van der Waals surface area (Å²) in [4.78, 5) is 68.0. The number of aliphatic hydroxyl groups is 2. The number of aliphatic hydroxyl groups excluding tert-OH is 2. The molecule has 2 aromatic rings. The van der Waals surface area contributed by atoms with Gasteiger partial charge in [-0.2, -0.15) is 0 Å². The third-order valence-electron chi connectivity index (χ3n) is 12.9. The van der Waals surface area contributed by atoms with E-state index < -0.39 is 147 Å². The van der Waals surface area contributed by atoms with Gasteiger partial charge in [0.2, 0.25) is 0 Å². The number of carbonyl (C=O) groups excluding carboxylic acids is 4. The summed E-state index contributed by atoms with van der Waals surface area (Å²) in [5.74, 6) is -2.73.